The van der Waals surface area contributed by atoms with Gasteiger partial charge >= 0.3 is 11.9 Å². The average Bonchev–Trinajstić information content (AvgIpc) is 2.83. The molecule has 0 bridgehead atoms. The lowest BCUT2D eigenvalue weighted by atomic mass is 10.1. The molecule has 0 fully saturated rings. The van der Waals surface area contributed by atoms with Crippen LogP contribution in [0, 0.1) is 0 Å². The van der Waals surface area contributed by atoms with Gasteiger partial charge in [0.1, 0.15) is 12.1 Å². The summed E-state index contributed by atoms with van der Waals surface area (Å²) in [4.78, 5) is 25.0. The lowest BCUT2D eigenvalue weighted by Crippen LogP contribution is -2.46. The number of nitrogens with one attached hydrogen (secondary N) is 2. The molecular weight excluding hydrogens is 404 g/mol. The van der Waals surface area contributed by atoms with Crippen LogP contribution in [0.5, 0.6) is 0 Å². The van der Waals surface area contributed by atoms with E-state index in [9.17, 15) is 9.59 Å². The summed E-state index contributed by atoms with van der Waals surface area (Å²) in [5, 5.41) is 6.58. The lowest BCUT2D eigenvalue weighted by Gasteiger charge is -2.20. The van der Waals surface area contributed by atoms with Crippen LogP contribution in [-0.2, 0) is 31.9 Å². The Balaban J connectivity index is 1.92. The van der Waals surface area contributed by atoms with Gasteiger partial charge in [0.05, 0.1) is 13.2 Å². The molecule has 2 N–H and O–H groups in total. The summed E-state index contributed by atoms with van der Waals surface area (Å²) >= 11 is 0. The second-order valence-electron chi connectivity index (χ2n) is 7.73. The Bertz CT molecular complexity index is 715. The normalized spacial score (nSPS) is 12.7. The molecule has 6 heteroatoms. The smallest absolute Gasteiger partial charge is 0.323 e. The van der Waals surface area contributed by atoms with E-state index in [1.165, 1.54) is 0 Å². The molecule has 0 unspecified atom stereocenters. The zero-order valence-corrected chi connectivity index (χ0v) is 19.2. The van der Waals surface area contributed by atoms with Crippen molar-refractivity contribution < 1.29 is 19.1 Å². The summed E-state index contributed by atoms with van der Waals surface area (Å²) in [6, 6.07) is 18.9. The summed E-state index contributed by atoms with van der Waals surface area (Å²) in [5.74, 6) is -0.502. The van der Waals surface area contributed by atoms with E-state index in [2.05, 4.69) is 10.6 Å². The maximum atomic E-state index is 12.5. The minimum atomic E-state index is -0.439. The number of hydrogen-bond donors (Lipinski definition) is 2. The first-order valence-corrected chi connectivity index (χ1v) is 11.5. The molecule has 0 aliphatic rings. The topological polar surface area (TPSA) is 76.7 Å². The predicted molar refractivity (Wildman–Crippen MR) is 126 cm³/mol. The van der Waals surface area contributed by atoms with Gasteiger partial charge in [0, 0.05) is 13.1 Å². The molecule has 0 radical (unpaired) electrons. The molecule has 2 aromatic rings. The Morgan fingerprint density at radius 3 is 1.41 bits per heavy atom. The van der Waals surface area contributed by atoms with E-state index in [1.54, 1.807) is 0 Å². The predicted octanol–water partition coefficient (Wildman–Crippen LogP) is 3.29. The third-order valence-corrected chi connectivity index (χ3v) is 4.94. The van der Waals surface area contributed by atoms with Crippen molar-refractivity contribution in [1.82, 2.24) is 10.6 Å². The minimum absolute atomic E-state index is 0.251. The van der Waals surface area contributed by atoms with Crippen molar-refractivity contribution in [3.8, 4) is 0 Å². The molecule has 174 valence electrons. The first-order valence-electron chi connectivity index (χ1n) is 11.5. The van der Waals surface area contributed by atoms with Crippen LogP contribution < -0.4 is 10.6 Å². The first kappa shape index (κ1) is 25.6. The van der Waals surface area contributed by atoms with E-state index in [4.69, 9.17) is 9.47 Å². The molecule has 0 saturated carbocycles. The van der Waals surface area contributed by atoms with Gasteiger partial charge in [0.15, 0.2) is 0 Å². The molecule has 0 amide bonds. The summed E-state index contributed by atoms with van der Waals surface area (Å²) in [7, 11) is 0. The van der Waals surface area contributed by atoms with Gasteiger partial charge in [-0.15, -0.1) is 0 Å². The first-order chi connectivity index (χ1) is 15.6. The van der Waals surface area contributed by atoms with E-state index in [0.717, 1.165) is 24.0 Å². The van der Waals surface area contributed by atoms with Gasteiger partial charge < -0.3 is 20.1 Å². The van der Waals surface area contributed by atoms with Crippen LogP contribution in [0.4, 0.5) is 0 Å². The van der Waals surface area contributed by atoms with E-state index in [0.29, 0.717) is 39.1 Å². The van der Waals surface area contributed by atoms with Gasteiger partial charge in [-0.25, -0.2) is 0 Å². The van der Waals surface area contributed by atoms with E-state index in [-0.39, 0.29) is 11.9 Å². The fourth-order valence-electron chi connectivity index (χ4n) is 3.28. The van der Waals surface area contributed by atoms with Crippen LogP contribution in [0.15, 0.2) is 60.7 Å². The molecule has 2 aromatic carbocycles. The number of ether oxygens (including phenoxy) is 2. The minimum Gasteiger partial charge on any atom is -0.465 e. The van der Waals surface area contributed by atoms with Crippen LogP contribution in [0.1, 0.15) is 37.8 Å². The summed E-state index contributed by atoms with van der Waals surface area (Å²) in [5.41, 5.74) is 2.13. The van der Waals surface area contributed by atoms with Gasteiger partial charge in [-0.2, -0.15) is 0 Å². The standard InChI is InChI=1S/C26H36N2O4/c1-3-17-31-25(29)23(19-21-11-7-5-8-12-21)27-15-16-28-24(26(30)32-18-4-2)20-22-13-9-6-10-14-22/h5-14,23-24,27-28H,3-4,15-20H2,1-2H3/t23-,24-/m0/s1. The van der Waals surface area contributed by atoms with Crippen LogP contribution in [-0.4, -0.2) is 50.3 Å². The maximum absolute atomic E-state index is 12.5. The van der Waals surface area contributed by atoms with Crippen LogP contribution in [0.25, 0.3) is 0 Å². The average molecular weight is 441 g/mol. The number of carbonyl (C=O) groups is 2. The van der Waals surface area contributed by atoms with Gasteiger partial charge in [0.2, 0.25) is 0 Å². The largest absolute Gasteiger partial charge is 0.465 e. The highest BCUT2D eigenvalue weighted by Crippen LogP contribution is 2.07. The fourth-order valence-corrected chi connectivity index (χ4v) is 3.28. The van der Waals surface area contributed by atoms with Gasteiger partial charge in [-0.3, -0.25) is 9.59 Å². The second kappa shape index (κ2) is 15.2. The van der Waals surface area contributed by atoms with Gasteiger partial charge in [-0.05, 0) is 36.8 Å². The second-order valence-corrected chi connectivity index (χ2v) is 7.73. The highest BCUT2D eigenvalue weighted by Gasteiger charge is 2.22. The molecule has 2 atom stereocenters. The Kier molecular flexibility index (Phi) is 12.1. The zero-order valence-electron chi connectivity index (χ0n) is 19.2. The molecule has 32 heavy (non-hydrogen) atoms. The van der Waals surface area contributed by atoms with Gasteiger partial charge in [0.25, 0.3) is 0 Å². The number of hydrogen-bond acceptors (Lipinski definition) is 6. The third-order valence-electron chi connectivity index (χ3n) is 4.94. The molecule has 0 aliphatic carbocycles. The molecular formula is C26H36N2O4. The maximum Gasteiger partial charge on any atom is 0.323 e. The Labute approximate surface area is 191 Å². The highest BCUT2D eigenvalue weighted by atomic mass is 16.5. The van der Waals surface area contributed by atoms with Gasteiger partial charge in [-0.1, -0.05) is 74.5 Å². The van der Waals surface area contributed by atoms with Crippen molar-refractivity contribution >= 4 is 11.9 Å². The Morgan fingerprint density at radius 1 is 0.688 bits per heavy atom. The number of benzene rings is 2. The quantitative estimate of drug-likeness (QED) is 0.327. The zero-order chi connectivity index (χ0) is 23.0. The monoisotopic (exact) mass is 440 g/mol. The number of carbonyl (C=O) groups excluding carboxylic acids is 2. The van der Waals surface area contributed by atoms with Crippen LogP contribution in [0.2, 0.25) is 0 Å². The van der Waals surface area contributed by atoms with Crippen molar-refractivity contribution in [3.63, 3.8) is 0 Å². The molecule has 0 aromatic heterocycles. The molecule has 0 aliphatic heterocycles. The summed E-state index contributed by atoms with van der Waals surface area (Å²) in [6.45, 7) is 5.80. The van der Waals surface area contributed by atoms with Crippen LogP contribution >= 0.6 is 0 Å². The van der Waals surface area contributed by atoms with Crippen LogP contribution in [0.3, 0.4) is 0 Å². The van der Waals surface area contributed by atoms with Crippen molar-refractivity contribution in [2.45, 2.75) is 51.6 Å². The lowest BCUT2D eigenvalue weighted by molar-refractivity contribution is -0.147. The van der Waals surface area contributed by atoms with E-state index in [1.807, 2.05) is 74.5 Å². The summed E-state index contributed by atoms with van der Waals surface area (Å²) < 4.78 is 10.7. The Morgan fingerprint density at radius 2 is 1.06 bits per heavy atom. The Hall–Kier alpha value is -2.70. The van der Waals surface area contributed by atoms with Crippen molar-refractivity contribution in [1.29, 1.82) is 0 Å². The fraction of sp³-hybridized carbons (Fsp3) is 0.462. The third kappa shape index (κ3) is 9.62. The SMILES string of the molecule is CCCOC(=O)[C@H](Cc1ccccc1)NCCN[C@@H](Cc1ccccc1)C(=O)OCCC. The molecule has 0 heterocycles. The molecule has 6 nitrogen and oxygen atoms in total. The highest BCUT2D eigenvalue weighted by molar-refractivity contribution is 5.76. The van der Waals surface area contributed by atoms with E-state index >= 15 is 0 Å². The summed E-state index contributed by atoms with van der Waals surface area (Å²) in [6.07, 6.45) is 2.67. The van der Waals surface area contributed by atoms with Crippen molar-refractivity contribution in [2.75, 3.05) is 26.3 Å². The molecule has 2 rings (SSSR count). The molecule has 0 saturated heterocycles. The van der Waals surface area contributed by atoms with Crippen molar-refractivity contribution in [2.24, 2.45) is 0 Å². The molecule has 0 spiro atoms. The van der Waals surface area contributed by atoms with Crippen molar-refractivity contribution in [3.05, 3.63) is 71.8 Å². The van der Waals surface area contributed by atoms with E-state index < -0.39 is 12.1 Å². The number of rotatable bonds is 15. The number of esters is 2.